The van der Waals surface area contributed by atoms with Gasteiger partial charge in [-0.1, -0.05) is 30.3 Å². The Balaban J connectivity index is 1.86. The van der Waals surface area contributed by atoms with Crippen LogP contribution in [0.25, 0.3) is 0 Å². The molecule has 0 aliphatic heterocycles. The van der Waals surface area contributed by atoms with Gasteiger partial charge in [0.25, 0.3) is 0 Å². The molecule has 0 unspecified atom stereocenters. The van der Waals surface area contributed by atoms with Gasteiger partial charge < -0.3 is 0 Å². The third-order valence-electron chi connectivity index (χ3n) is 2.68. The molecule has 2 aromatic rings. The van der Waals surface area contributed by atoms with E-state index in [1.165, 1.54) is 0 Å². The Morgan fingerprint density at radius 3 is 2.41 bits per heavy atom. The summed E-state index contributed by atoms with van der Waals surface area (Å²) in [6.07, 6.45) is -4.91. The molecule has 6 nitrogen and oxygen atoms in total. The van der Waals surface area contributed by atoms with Gasteiger partial charge in [0.2, 0.25) is 17.7 Å². The summed E-state index contributed by atoms with van der Waals surface area (Å²) in [5, 5.41) is 7.01. The van der Waals surface area contributed by atoms with Crippen molar-refractivity contribution >= 4 is 17.6 Å². The Hall–Kier alpha value is -2.71. The maximum Gasteiger partial charge on any atom is 0.451 e. The molecule has 2 rings (SSSR count). The Morgan fingerprint density at radius 2 is 1.82 bits per heavy atom. The lowest BCUT2D eigenvalue weighted by Gasteiger charge is -2.01. The highest BCUT2D eigenvalue weighted by atomic mass is 19.4. The van der Waals surface area contributed by atoms with E-state index in [9.17, 15) is 22.8 Å². The second-order valence-electron chi connectivity index (χ2n) is 4.34. The van der Waals surface area contributed by atoms with E-state index in [1.54, 1.807) is 35.4 Å². The van der Waals surface area contributed by atoms with Crippen LogP contribution in [0.5, 0.6) is 0 Å². The quantitative estimate of drug-likeness (QED) is 0.830. The van der Waals surface area contributed by atoms with Gasteiger partial charge in [0, 0.05) is 18.4 Å². The predicted molar refractivity (Wildman–Crippen MR) is 70.0 cm³/mol. The molecule has 0 radical (unpaired) electrons. The van der Waals surface area contributed by atoms with Crippen LogP contribution in [-0.2, 0) is 11.0 Å². The molecule has 1 aromatic carbocycles. The average molecular weight is 312 g/mol. The summed E-state index contributed by atoms with van der Waals surface area (Å²) in [4.78, 5) is 26.4. The fourth-order valence-corrected chi connectivity index (χ4v) is 1.63. The number of nitrogens with one attached hydrogen (secondary N) is 2. The van der Waals surface area contributed by atoms with Crippen molar-refractivity contribution in [2.45, 2.75) is 19.0 Å². The number of rotatable bonds is 5. The van der Waals surface area contributed by atoms with Crippen LogP contribution < -0.4 is 5.32 Å². The summed E-state index contributed by atoms with van der Waals surface area (Å²) >= 11 is 0. The molecular formula is C13H11F3N4O2. The van der Waals surface area contributed by atoms with Crippen LogP contribution in [-0.4, -0.2) is 26.9 Å². The smallest absolute Gasteiger partial charge is 0.294 e. The topological polar surface area (TPSA) is 87.7 Å². The van der Waals surface area contributed by atoms with Gasteiger partial charge in [-0.2, -0.15) is 18.2 Å². The minimum Gasteiger partial charge on any atom is -0.294 e. The first kappa shape index (κ1) is 15.7. The van der Waals surface area contributed by atoms with Crippen molar-refractivity contribution in [2.24, 2.45) is 0 Å². The van der Waals surface area contributed by atoms with Crippen LogP contribution in [0.1, 0.15) is 29.0 Å². The number of hydrogen-bond acceptors (Lipinski definition) is 4. The molecule has 1 aromatic heterocycles. The molecule has 9 heteroatoms. The van der Waals surface area contributed by atoms with Crippen molar-refractivity contribution in [1.29, 1.82) is 0 Å². The normalized spacial score (nSPS) is 11.2. The minimum absolute atomic E-state index is 0.0631. The van der Waals surface area contributed by atoms with Crippen LogP contribution in [0.4, 0.5) is 19.1 Å². The summed E-state index contributed by atoms with van der Waals surface area (Å²) in [5.74, 6) is -2.66. The zero-order valence-corrected chi connectivity index (χ0v) is 11.1. The van der Waals surface area contributed by atoms with Gasteiger partial charge in [-0.15, -0.1) is 5.10 Å². The number of nitrogens with zero attached hydrogens (tertiary/aromatic N) is 2. The van der Waals surface area contributed by atoms with Crippen LogP contribution in [0, 0.1) is 0 Å². The van der Waals surface area contributed by atoms with E-state index in [0.29, 0.717) is 5.56 Å². The summed E-state index contributed by atoms with van der Waals surface area (Å²) < 4.78 is 36.9. The van der Waals surface area contributed by atoms with Crippen LogP contribution in [0.2, 0.25) is 0 Å². The second kappa shape index (κ2) is 6.37. The van der Waals surface area contributed by atoms with Gasteiger partial charge in [0.1, 0.15) is 0 Å². The summed E-state index contributed by atoms with van der Waals surface area (Å²) in [6.45, 7) is 0. The van der Waals surface area contributed by atoms with E-state index in [4.69, 9.17) is 0 Å². The van der Waals surface area contributed by atoms with Gasteiger partial charge in [-0.25, -0.2) is 0 Å². The van der Waals surface area contributed by atoms with E-state index in [0.717, 1.165) is 0 Å². The highest BCUT2D eigenvalue weighted by molar-refractivity contribution is 5.99. The first-order valence-electron chi connectivity index (χ1n) is 6.24. The van der Waals surface area contributed by atoms with Gasteiger partial charge in [0.05, 0.1) is 0 Å². The molecular weight excluding hydrogens is 301 g/mol. The number of carbonyl (C=O) groups is 2. The number of carbonyl (C=O) groups excluding carboxylic acids is 2. The van der Waals surface area contributed by atoms with Crippen molar-refractivity contribution in [3.8, 4) is 0 Å². The number of amides is 1. The summed E-state index contributed by atoms with van der Waals surface area (Å²) in [5.41, 5.74) is 0.465. The zero-order valence-electron chi connectivity index (χ0n) is 11.1. The maximum atomic E-state index is 12.3. The molecule has 0 saturated carbocycles. The molecule has 1 heterocycles. The van der Waals surface area contributed by atoms with Crippen molar-refractivity contribution in [2.75, 3.05) is 5.32 Å². The van der Waals surface area contributed by atoms with Crippen LogP contribution in [0.3, 0.4) is 0 Å². The third-order valence-corrected chi connectivity index (χ3v) is 2.68. The Morgan fingerprint density at radius 1 is 1.14 bits per heavy atom. The van der Waals surface area contributed by atoms with E-state index in [2.05, 4.69) is 15.4 Å². The van der Waals surface area contributed by atoms with Crippen LogP contribution >= 0.6 is 0 Å². The molecule has 116 valence electrons. The van der Waals surface area contributed by atoms with Gasteiger partial charge in [0.15, 0.2) is 5.78 Å². The first-order chi connectivity index (χ1) is 10.4. The van der Waals surface area contributed by atoms with Crippen molar-refractivity contribution in [3.05, 3.63) is 41.7 Å². The number of hydrogen-bond donors (Lipinski definition) is 2. The number of halogens is 3. The first-order valence-corrected chi connectivity index (χ1v) is 6.24. The number of Topliss-reactive ketones (excluding diaryl/α,β-unsaturated/α-hetero) is 1. The van der Waals surface area contributed by atoms with Gasteiger partial charge in [-0.3, -0.25) is 20.0 Å². The van der Waals surface area contributed by atoms with E-state index >= 15 is 0 Å². The maximum absolute atomic E-state index is 12.3. The fourth-order valence-electron chi connectivity index (χ4n) is 1.63. The summed E-state index contributed by atoms with van der Waals surface area (Å²) in [6, 6.07) is 8.38. The number of aromatic nitrogens is 3. The molecule has 0 fully saturated rings. The van der Waals surface area contributed by atoms with Crippen molar-refractivity contribution in [3.63, 3.8) is 0 Å². The predicted octanol–water partition coefficient (Wildman–Crippen LogP) is 2.43. The molecule has 1 amide bonds. The molecule has 0 atom stereocenters. The lowest BCUT2D eigenvalue weighted by molar-refractivity contribution is -0.144. The molecule has 0 aliphatic rings. The lowest BCUT2D eigenvalue weighted by Crippen LogP contribution is -2.14. The second-order valence-corrected chi connectivity index (χ2v) is 4.34. The molecule has 22 heavy (non-hydrogen) atoms. The van der Waals surface area contributed by atoms with Crippen LogP contribution in [0.15, 0.2) is 30.3 Å². The number of H-pyrrole nitrogens is 1. The van der Waals surface area contributed by atoms with E-state index < -0.39 is 23.9 Å². The lowest BCUT2D eigenvalue weighted by atomic mass is 10.1. The summed E-state index contributed by atoms with van der Waals surface area (Å²) in [7, 11) is 0. The van der Waals surface area contributed by atoms with E-state index in [1.807, 2.05) is 0 Å². The third kappa shape index (κ3) is 4.14. The number of alkyl halides is 3. The molecule has 0 bridgehead atoms. The highest BCUT2D eigenvalue weighted by Crippen LogP contribution is 2.26. The number of aromatic amines is 1. The standard InChI is InChI=1S/C13H11F3N4O2/c14-13(15,16)11-18-12(20-19-11)17-10(22)7-6-9(21)8-4-2-1-3-5-8/h1-5H,6-7H2,(H2,17,18,19,20,22). The average Bonchev–Trinajstić information content (AvgIpc) is 2.94. The molecule has 0 spiro atoms. The molecule has 2 N–H and O–H groups in total. The highest BCUT2D eigenvalue weighted by Gasteiger charge is 2.35. The SMILES string of the molecule is O=C(CCC(=O)c1ccccc1)Nc1n[nH]c(C(F)(F)F)n1. The van der Waals surface area contributed by atoms with E-state index in [-0.39, 0.29) is 18.6 Å². The minimum atomic E-state index is -4.67. The monoisotopic (exact) mass is 312 g/mol. The Labute approximate surface area is 122 Å². The van der Waals surface area contributed by atoms with Gasteiger partial charge in [-0.05, 0) is 0 Å². The number of benzene rings is 1. The van der Waals surface area contributed by atoms with Gasteiger partial charge >= 0.3 is 6.18 Å². The number of anilines is 1. The molecule has 0 saturated heterocycles. The largest absolute Gasteiger partial charge is 0.451 e. The zero-order chi connectivity index (χ0) is 16.2. The fraction of sp³-hybridized carbons (Fsp3) is 0.231. The Bertz CT molecular complexity index is 667. The number of ketones is 1. The van der Waals surface area contributed by atoms with Crippen molar-refractivity contribution in [1.82, 2.24) is 15.2 Å². The molecule has 0 aliphatic carbocycles. The van der Waals surface area contributed by atoms with Crippen molar-refractivity contribution < 1.29 is 22.8 Å². The Kier molecular flexibility index (Phi) is 4.54.